The number of aromatic nitrogens is 1. The maximum atomic E-state index is 12.6. The van der Waals surface area contributed by atoms with Gasteiger partial charge in [-0.25, -0.2) is 0 Å². The summed E-state index contributed by atoms with van der Waals surface area (Å²) in [6.45, 7) is 0. The van der Waals surface area contributed by atoms with Gasteiger partial charge in [0.25, 0.3) is 5.56 Å². The Morgan fingerprint density at radius 1 is 1.05 bits per heavy atom. The van der Waals surface area contributed by atoms with Crippen LogP contribution >= 0.6 is 11.8 Å². The molecule has 3 aromatic rings. The van der Waals surface area contributed by atoms with Crippen molar-refractivity contribution in [3.63, 3.8) is 0 Å². The van der Waals surface area contributed by atoms with Crippen LogP contribution in [-0.2, 0) is 0 Å². The van der Waals surface area contributed by atoms with Crippen LogP contribution in [0.1, 0.15) is 0 Å². The third-order valence-corrected chi connectivity index (χ3v) is 3.99. The van der Waals surface area contributed by atoms with Gasteiger partial charge in [-0.15, -0.1) is 11.8 Å². The van der Waals surface area contributed by atoms with Gasteiger partial charge in [-0.1, -0.05) is 24.3 Å². The van der Waals surface area contributed by atoms with Crippen molar-refractivity contribution in [3.05, 3.63) is 65.0 Å². The van der Waals surface area contributed by atoms with E-state index in [9.17, 15) is 4.79 Å². The minimum Gasteiger partial charge on any atom is -0.385 e. The molecule has 0 unspecified atom stereocenters. The molecular weight excluding hydrogens is 268 g/mol. The molecule has 0 aliphatic rings. The highest BCUT2D eigenvalue weighted by Crippen LogP contribution is 2.21. The zero-order chi connectivity index (χ0) is 14.1. The lowest BCUT2D eigenvalue weighted by Gasteiger charge is -2.12. The molecule has 2 aromatic carbocycles. The second-order valence-electron chi connectivity index (χ2n) is 4.50. The number of hydrogen-bond acceptors (Lipinski definition) is 3. The fraction of sp³-hybridized carbons (Fsp3) is 0.0625. The largest absolute Gasteiger partial charge is 0.385 e. The number of anilines is 1. The quantitative estimate of drug-likeness (QED) is 0.734. The van der Waals surface area contributed by atoms with Gasteiger partial charge in [0.2, 0.25) is 0 Å². The van der Waals surface area contributed by atoms with Gasteiger partial charge in [0.1, 0.15) is 5.82 Å². The van der Waals surface area contributed by atoms with E-state index in [-0.39, 0.29) is 5.56 Å². The van der Waals surface area contributed by atoms with Gasteiger partial charge in [-0.2, -0.15) is 0 Å². The highest BCUT2D eigenvalue weighted by atomic mass is 32.2. The molecule has 2 N–H and O–H groups in total. The first-order chi connectivity index (χ1) is 9.70. The van der Waals surface area contributed by atoms with Crippen LogP contribution in [0.4, 0.5) is 5.82 Å². The van der Waals surface area contributed by atoms with Gasteiger partial charge in [-0.3, -0.25) is 9.36 Å². The molecule has 0 aliphatic heterocycles. The number of hydrogen-bond donors (Lipinski definition) is 1. The molecule has 1 aromatic heterocycles. The predicted molar refractivity (Wildman–Crippen MR) is 85.7 cm³/mol. The highest BCUT2D eigenvalue weighted by molar-refractivity contribution is 7.98. The third kappa shape index (κ3) is 2.08. The number of benzene rings is 2. The first-order valence-corrected chi connectivity index (χ1v) is 7.48. The van der Waals surface area contributed by atoms with Crippen molar-refractivity contribution in [2.75, 3.05) is 12.0 Å². The monoisotopic (exact) mass is 282 g/mol. The minimum atomic E-state index is -0.0844. The molecule has 0 amide bonds. The molecule has 20 heavy (non-hydrogen) atoms. The fourth-order valence-corrected chi connectivity index (χ4v) is 2.75. The lowest BCUT2D eigenvalue weighted by atomic mass is 10.1. The Kier molecular flexibility index (Phi) is 3.24. The van der Waals surface area contributed by atoms with Crippen molar-refractivity contribution in [2.45, 2.75) is 4.90 Å². The van der Waals surface area contributed by atoms with Crippen molar-refractivity contribution >= 4 is 28.4 Å². The number of pyridine rings is 1. The van der Waals surface area contributed by atoms with Crippen molar-refractivity contribution in [1.82, 2.24) is 4.57 Å². The lowest BCUT2D eigenvalue weighted by molar-refractivity contribution is 1.02. The molecule has 0 aliphatic carbocycles. The Hall–Kier alpha value is -2.20. The zero-order valence-corrected chi connectivity index (χ0v) is 11.9. The summed E-state index contributed by atoms with van der Waals surface area (Å²) in [5.74, 6) is 0.451. The Morgan fingerprint density at radius 2 is 1.85 bits per heavy atom. The summed E-state index contributed by atoms with van der Waals surface area (Å²) in [6, 6.07) is 17.1. The van der Waals surface area contributed by atoms with Gasteiger partial charge >= 0.3 is 0 Å². The molecule has 1 heterocycles. The average molecular weight is 282 g/mol. The summed E-state index contributed by atoms with van der Waals surface area (Å²) >= 11 is 1.64. The topological polar surface area (TPSA) is 48.0 Å². The SMILES string of the molecule is CSc1cccc(-n2c(N)cc3ccccc3c2=O)c1. The summed E-state index contributed by atoms with van der Waals surface area (Å²) in [5.41, 5.74) is 6.78. The molecule has 4 heteroatoms. The van der Waals surface area contributed by atoms with Crippen LogP contribution in [0.15, 0.2) is 64.3 Å². The summed E-state index contributed by atoms with van der Waals surface area (Å²) in [4.78, 5) is 13.7. The second kappa shape index (κ2) is 5.06. The Balaban J connectivity index is 2.33. The highest BCUT2D eigenvalue weighted by Gasteiger charge is 2.08. The van der Waals surface area contributed by atoms with Crippen LogP contribution in [0.3, 0.4) is 0 Å². The Morgan fingerprint density at radius 3 is 2.65 bits per heavy atom. The second-order valence-corrected chi connectivity index (χ2v) is 5.38. The van der Waals surface area contributed by atoms with E-state index in [1.807, 2.05) is 60.9 Å². The molecule has 0 bridgehead atoms. The van der Waals surface area contributed by atoms with E-state index in [0.29, 0.717) is 11.2 Å². The number of nitrogens with two attached hydrogens (primary N) is 1. The minimum absolute atomic E-state index is 0.0844. The first-order valence-electron chi connectivity index (χ1n) is 6.25. The van der Waals surface area contributed by atoms with Gasteiger partial charge in [0.05, 0.1) is 5.69 Å². The van der Waals surface area contributed by atoms with E-state index >= 15 is 0 Å². The number of rotatable bonds is 2. The molecule has 3 nitrogen and oxygen atoms in total. The molecule has 0 fully saturated rings. The standard InChI is InChI=1S/C16H14N2OS/c1-20-13-7-4-6-12(10-13)18-15(17)9-11-5-2-3-8-14(11)16(18)19/h2-10H,17H2,1H3. The van der Waals surface area contributed by atoms with E-state index in [0.717, 1.165) is 16.0 Å². The number of nitrogen functional groups attached to an aromatic ring is 1. The molecule has 0 atom stereocenters. The lowest BCUT2D eigenvalue weighted by Crippen LogP contribution is -2.21. The van der Waals surface area contributed by atoms with E-state index in [2.05, 4.69) is 0 Å². The number of fused-ring (bicyclic) bond motifs is 1. The maximum absolute atomic E-state index is 12.6. The van der Waals surface area contributed by atoms with Gasteiger partial charge in [0.15, 0.2) is 0 Å². The van der Waals surface area contributed by atoms with Crippen molar-refractivity contribution in [2.24, 2.45) is 0 Å². The average Bonchev–Trinajstić information content (AvgIpc) is 2.47. The molecule has 100 valence electrons. The molecular formula is C16H14N2OS. The van der Waals surface area contributed by atoms with Crippen LogP contribution in [-0.4, -0.2) is 10.8 Å². The van der Waals surface area contributed by atoms with Crippen LogP contribution < -0.4 is 11.3 Å². The normalized spacial score (nSPS) is 10.8. The van der Waals surface area contributed by atoms with Crippen LogP contribution in [0.2, 0.25) is 0 Å². The molecule has 0 spiro atoms. The third-order valence-electron chi connectivity index (χ3n) is 3.27. The molecule has 0 saturated carbocycles. The first kappa shape index (κ1) is 12.8. The van der Waals surface area contributed by atoms with Crippen molar-refractivity contribution < 1.29 is 0 Å². The summed E-state index contributed by atoms with van der Waals surface area (Å²) in [6.07, 6.45) is 2.01. The summed E-state index contributed by atoms with van der Waals surface area (Å²) in [7, 11) is 0. The predicted octanol–water partition coefficient (Wildman–Crippen LogP) is 3.29. The maximum Gasteiger partial charge on any atom is 0.264 e. The molecule has 0 radical (unpaired) electrons. The Bertz CT molecular complexity index is 839. The number of nitrogens with zero attached hydrogens (tertiary/aromatic N) is 1. The van der Waals surface area contributed by atoms with E-state index < -0.39 is 0 Å². The number of thioether (sulfide) groups is 1. The van der Waals surface area contributed by atoms with Gasteiger partial charge < -0.3 is 5.73 Å². The van der Waals surface area contributed by atoms with Gasteiger partial charge in [-0.05, 0) is 42.0 Å². The van der Waals surface area contributed by atoms with Crippen LogP contribution in [0.5, 0.6) is 0 Å². The zero-order valence-electron chi connectivity index (χ0n) is 11.0. The van der Waals surface area contributed by atoms with Crippen LogP contribution in [0, 0.1) is 0 Å². The van der Waals surface area contributed by atoms with Crippen molar-refractivity contribution in [1.29, 1.82) is 0 Å². The Labute approximate surface area is 121 Å². The van der Waals surface area contributed by atoms with Gasteiger partial charge in [0, 0.05) is 10.3 Å². The molecule has 0 saturated heterocycles. The van der Waals surface area contributed by atoms with E-state index in [1.54, 1.807) is 16.3 Å². The van der Waals surface area contributed by atoms with E-state index in [1.165, 1.54) is 0 Å². The van der Waals surface area contributed by atoms with Crippen LogP contribution in [0.25, 0.3) is 16.5 Å². The smallest absolute Gasteiger partial charge is 0.264 e. The van der Waals surface area contributed by atoms with E-state index in [4.69, 9.17) is 5.73 Å². The molecule has 3 rings (SSSR count). The van der Waals surface area contributed by atoms with Crippen molar-refractivity contribution in [3.8, 4) is 5.69 Å². The summed E-state index contributed by atoms with van der Waals surface area (Å²) < 4.78 is 1.56. The summed E-state index contributed by atoms with van der Waals surface area (Å²) in [5, 5.41) is 1.54. The fourth-order valence-electron chi connectivity index (χ4n) is 2.30.